The highest BCUT2D eigenvalue weighted by Crippen LogP contribution is 2.34. The van der Waals surface area contributed by atoms with Gasteiger partial charge in [-0.2, -0.15) is 0 Å². The molecule has 2 aliphatic heterocycles. The summed E-state index contributed by atoms with van der Waals surface area (Å²) in [5.74, 6) is -0.142. The topological polar surface area (TPSA) is 38.3 Å². The van der Waals surface area contributed by atoms with Crippen molar-refractivity contribution >= 4 is 30.1 Å². The molecule has 2 aliphatic rings. The highest BCUT2D eigenvalue weighted by molar-refractivity contribution is 7.80. The number of rotatable bonds is 2. The van der Waals surface area contributed by atoms with Gasteiger partial charge in [0.05, 0.1) is 28.8 Å². The number of carbonyl (C=O) groups excluding carboxylic acids is 1. The minimum atomic E-state index is -0.142. The van der Waals surface area contributed by atoms with Gasteiger partial charge < -0.3 is 10.1 Å². The van der Waals surface area contributed by atoms with E-state index in [0.717, 1.165) is 24.2 Å². The summed E-state index contributed by atoms with van der Waals surface area (Å²) in [6.07, 6.45) is 3.57. The first-order valence-electron chi connectivity index (χ1n) is 6.08. The highest BCUT2D eigenvalue weighted by Gasteiger charge is 2.41. The molecular formula is C13H14ClNO2S. The molecule has 2 bridgehead atoms. The summed E-state index contributed by atoms with van der Waals surface area (Å²) in [5.41, 5.74) is 0.479. The van der Waals surface area contributed by atoms with Crippen LogP contribution in [0.3, 0.4) is 0 Å². The average molecular weight is 284 g/mol. The standard InChI is InChI=1S/C13H14ClNO2S/c14-10-3-2-8(18)6-9(10)13(16)15-11-5-7-1-4-12(11)17-7/h2-3,6-7,11-12,18H,1,4-5H2,(H,15,16). The third-order valence-electron chi connectivity index (χ3n) is 3.62. The largest absolute Gasteiger partial charge is 0.373 e. The van der Waals surface area contributed by atoms with Gasteiger partial charge in [-0.25, -0.2) is 0 Å². The second-order valence-electron chi connectivity index (χ2n) is 4.85. The molecule has 3 atom stereocenters. The molecule has 0 aromatic heterocycles. The summed E-state index contributed by atoms with van der Waals surface area (Å²) in [6.45, 7) is 0. The SMILES string of the molecule is O=C(NC1CC2CCC1O2)c1cc(S)ccc1Cl. The van der Waals surface area contributed by atoms with Crippen molar-refractivity contribution in [3.05, 3.63) is 28.8 Å². The fourth-order valence-corrected chi connectivity index (χ4v) is 3.13. The van der Waals surface area contributed by atoms with Crippen molar-refractivity contribution in [1.82, 2.24) is 5.32 Å². The van der Waals surface area contributed by atoms with Crippen molar-refractivity contribution in [2.75, 3.05) is 0 Å². The maximum absolute atomic E-state index is 12.2. The number of hydrogen-bond donors (Lipinski definition) is 2. The fourth-order valence-electron chi connectivity index (χ4n) is 2.72. The molecule has 0 aliphatic carbocycles. The zero-order chi connectivity index (χ0) is 12.7. The molecule has 3 unspecified atom stereocenters. The van der Waals surface area contributed by atoms with E-state index in [1.165, 1.54) is 0 Å². The Morgan fingerprint density at radius 3 is 2.94 bits per heavy atom. The Balaban J connectivity index is 1.73. The fraction of sp³-hybridized carbons (Fsp3) is 0.462. The predicted molar refractivity (Wildman–Crippen MR) is 72.5 cm³/mol. The Bertz CT molecular complexity index is 494. The molecule has 18 heavy (non-hydrogen) atoms. The van der Waals surface area contributed by atoms with Crippen LogP contribution in [0.5, 0.6) is 0 Å². The molecule has 3 rings (SSSR count). The predicted octanol–water partition coefficient (Wildman–Crippen LogP) is 2.68. The van der Waals surface area contributed by atoms with Gasteiger partial charge in [0.2, 0.25) is 0 Å². The van der Waals surface area contributed by atoms with E-state index in [9.17, 15) is 4.79 Å². The molecule has 96 valence electrons. The molecule has 0 spiro atoms. The van der Waals surface area contributed by atoms with Crippen LogP contribution in [0.1, 0.15) is 29.6 Å². The molecule has 1 aromatic rings. The first-order chi connectivity index (χ1) is 8.63. The van der Waals surface area contributed by atoms with Crippen LogP contribution in [0.15, 0.2) is 23.1 Å². The lowest BCUT2D eigenvalue weighted by molar-refractivity contribution is 0.0841. The maximum atomic E-state index is 12.2. The molecule has 2 heterocycles. The van der Waals surface area contributed by atoms with Crippen molar-refractivity contribution in [3.63, 3.8) is 0 Å². The van der Waals surface area contributed by atoms with Gasteiger partial charge in [0, 0.05) is 4.90 Å². The second-order valence-corrected chi connectivity index (χ2v) is 5.78. The van der Waals surface area contributed by atoms with Gasteiger partial charge in [-0.1, -0.05) is 11.6 Å². The van der Waals surface area contributed by atoms with E-state index in [4.69, 9.17) is 16.3 Å². The molecule has 2 saturated heterocycles. The summed E-state index contributed by atoms with van der Waals surface area (Å²) in [5, 5.41) is 3.47. The minimum Gasteiger partial charge on any atom is -0.373 e. The number of thiol groups is 1. The lowest BCUT2D eigenvalue weighted by atomic mass is 9.95. The third kappa shape index (κ3) is 2.25. The van der Waals surface area contributed by atoms with Crippen LogP contribution in [-0.4, -0.2) is 24.2 Å². The van der Waals surface area contributed by atoms with Crippen LogP contribution in [0.2, 0.25) is 5.02 Å². The van der Waals surface area contributed by atoms with Crippen molar-refractivity contribution in [3.8, 4) is 0 Å². The number of amides is 1. The van der Waals surface area contributed by atoms with E-state index >= 15 is 0 Å². The van der Waals surface area contributed by atoms with Crippen LogP contribution in [0.25, 0.3) is 0 Å². The van der Waals surface area contributed by atoms with Crippen LogP contribution in [0, 0.1) is 0 Å². The van der Waals surface area contributed by atoms with Gasteiger partial charge in [0.15, 0.2) is 0 Å². The van der Waals surface area contributed by atoms with E-state index in [2.05, 4.69) is 17.9 Å². The van der Waals surface area contributed by atoms with Gasteiger partial charge in [0.25, 0.3) is 5.91 Å². The van der Waals surface area contributed by atoms with Gasteiger partial charge in [-0.15, -0.1) is 12.6 Å². The molecule has 1 N–H and O–H groups in total. The van der Waals surface area contributed by atoms with Crippen molar-refractivity contribution in [1.29, 1.82) is 0 Å². The van der Waals surface area contributed by atoms with Crippen molar-refractivity contribution < 1.29 is 9.53 Å². The number of carbonyl (C=O) groups is 1. The Morgan fingerprint density at radius 1 is 1.44 bits per heavy atom. The van der Waals surface area contributed by atoms with E-state index in [1.54, 1.807) is 18.2 Å². The van der Waals surface area contributed by atoms with Crippen molar-refractivity contribution in [2.45, 2.75) is 42.4 Å². The van der Waals surface area contributed by atoms with E-state index in [1.807, 2.05) is 0 Å². The number of halogens is 1. The Hall–Kier alpha value is -0.710. The molecule has 2 fully saturated rings. The lowest BCUT2D eigenvalue weighted by Gasteiger charge is -2.20. The Morgan fingerprint density at radius 2 is 2.28 bits per heavy atom. The molecule has 0 saturated carbocycles. The maximum Gasteiger partial charge on any atom is 0.253 e. The summed E-state index contributed by atoms with van der Waals surface area (Å²) >= 11 is 10.3. The molecule has 5 heteroatoms. The zero-order valence-electron chi connectivity index (χ0n) is 9.73. The number of hydrogen-bond acceptors (Lipinski definition) is 3. The van der Waals surface area contributed by atoms with E-state index in [0.29, 0.717) is 16.7 Å². The number of benzene rings is 1. The third-order valence-corrected chi connectivity index (χ3v) is 4.22. The minimum absolute atomic E-state index is 0.121. The van der Waals surface area contributed by atoms with Gasteiger partial charge in [0.1, 0.15) is 0 Å². The number of nitrogens with one attached hydrogen (secondary N) is 1. The van der Waals surface area contributed by atoms with E-state index < -0.39 is 0 Å². The molecule has 1 aromatic carbocycles. The van der Waals surface area contributed by atoms with Crippen LogP contribution < -0.4 is 5.32 Å². The smallest absolute Gasteiger partial charge is 0.253 e. The normalized spacial score (nSPS) is 29.6. The van der Waals surface area contributed by atoms with Crippen LogP contribution in [0.4, 0.5) is 0 Å². The van der Waals surface area contributed by atoms with Crippen LogP contribution in [-0.2, 0) is 4.74 Å². The summed E-state index contributed by atoms with van der Waals surface area (Å²) in [7, 11) is 0. The van der Waals surface area contributed by atoms with E-state index in [-0.39, 0.29) is 18.1 Å². The zero-order valence-corrected chi connectivity index (χ0v) is 11.4. The van der Waals surface area contributed by atoms with Gasteiger partial charge in [-0.3, -0.25) is 4.79 Å². The number of fused-ring (bicyclic) bond motifs is 2. The van der Waals surface area contributed by atoms with Crippen molar-refractivity contribution in [2.24, 2.45) is 0 Å². The molecule has 1 amide bonds. The molecular weight excluding hydrogens is 270 g/mol. The number of ether oxygens (including phenoxy) is 1. The summed E-state index contributed by atoms with van der Waals surface area (Å²) in [6, 6.07) is 5.27. The van der Waals surface area contributed by atoms with Crippen LogP contribution >= 0.6 is 24.2 Å². The molecule has 3 nitrogen and oxygen atoms in total. The summed E-state index contributed by atoms with van der Waals surface area (Å²) < 4.78 is 5.71. The Labute approximate surface area is 116 Å². The first kappa shape index (κ1) is 12.3. The van der Waals surface area contributed by atoms with Gasteiger partial charge in [-0.05, 0) is 37.5 Å². The average Bonchev–Trinajstić information content (AvgIpc) is 2.94. The summed E-state index contributed by atoms with van der Waals surface area (Å²) in [4.78, 5) is 12.9. The monoisotopic (exact) mass is 283 g/mol. The quantitative estimate of drug-likeness (QED) is 0.819. The Kier molecular flexibility index (Phi) is 3.26. The molecule has 0 radical (unpaired) electrons. The highest BCUT2D eigenvalue weighted by atomic mass is 35.5. The second kappa shape index (κ2) is 4.76. The first-order valence-corrected chi connectivity index (χ1v) is 6.91. The lowest BCUT2D eigenvalue weighted by Crippen LogP contribution is -2.41. The van der Waals surface area contributed by atoms with Gasteiger partial charge >= 0.3 is 0 Å².